The molecule has 0 saturated carbocycles. The van der Waals surface area contributed by atoms with Gasteiger partial charge >= 0.3 is 0 Å². The molecule has 0 bridgehead atoms. The standard InChI is InChI=1S/C11H12Cl2N4S/c1-17-7(5-8(12)11(17)13)6-14-9-3-4-10(18-2)16-15-9/h3-5H,6H2,1-2H3,(H,14,15). The summed E-state index contributed by atoms with van der Waals surface area (Å²) in [6, 6.07) is 5.65. The number of hydrogen-bond acceptors (Lipinski definition) is 4. The third-order valence-electron chi connectivity index (χ3n) is 2.52. The Kier molecular flexibility index (Phi) is 4.37. The van der Waals surface area contributed by atoms with Crippen LogP contribution in [-0.2, 0) is 13.6 Å². The summed E-state index contributed by atoms with van der Waals surface area (Å²) in [5.74, 6) is 0.723. The molecule has 0 radical (unpaired) electrons. The lowest BCUT2D eigenvalue weighted by Crippen LogP contribution is -2.06. The van der Waals surface area contributed by atoms with E-state index in [1.165, 1.54) is 0 Å². The monoisotopic (exact) mass is 302 g/mol. The Labute approximate surface area is 120 Å². The van der Waals surface area contributed by atoms with E-state index in [-0.39, 0.29) is 0 Å². The molecule has 0 aliphatic carbocycles. The molecule has 2 heterocycles. The van der Waals surface area contributed by atoms with Crippen molar-refractivity contribution < 1.29 is 0 Å². The van der Waals surface area contributed by atoms with Crippen LogP contribution in [0.25, 0.3) is 0 Å². The number of rotatable bonds is 4. The second-order valence-corrected chi connectivity index (χ2v) is 5.24. The first-order chi connectivity index (χ1) is 8.61. The molecule has 0 unspecified atom stereocenters. The van der Waals surface area contributed by atoms with Gasteiger partial charge in [0, 0.05) is 12.7 Å². The lowest BCUT2D eigenvalue weighted by Gasteiger charge is -2.06. The van der Waals surface area contributed by atoms with Gasteiger partial charge in [-0.1, -0.05) is 23.2 Å². The van der Waals surface area contributed by atoms with Gasteiger partial charge in [0.25, 0.3) is 0 Å². The Morgan fingerprint density at radius 2 is 2.11 bits per heavy atom. The van der Waals surface area contributed by atoms with Crippen LogP contribution >= 0.6 is 35.0 Å². The van der Waals surface area contributed by atoms with Gasteiger partial charge in [0.1, 0.15) is 16.0 Å². The summed E-state index contributed by atoms with van der Waals surface area (Å²) in [6.45, 7) is 0.593. The van der Waals surface area contributed by atoms with E-state index in [4.69, 9.17) is 23.2 Å². The second-order valence-electron chi connectivity index (χ2n) is 3.65. The first-order valence-corrected chi connectivity index (χ1v) is 7.21. The molecule has 2 rings (SSSR count). The maximum absolute atomic E-state index is 5.99. The average Bonchev–Trinajstić information content (AvgIpc) is 2.64. The van der Waals surface area contributed by atoms with E-state index in [1.807, 2.05) is 36.1 Å². The van der Waals surface area contributed by atoms with Crippen molar-refractivity contribution >= 4 is 40.8 Å². The fraction of sp³-hybridized carbons (Fsp3) is 0.273. The van der Waals surface area contributed by atoms with E-state index in [2.05, 4.69) is 15.5 Å². The van der Waals surface area contributed by atoms with Gasteiger partial charge in [0.2, 0.25) is 0 Å². The highest BCUT2D eigenvalue weighted by Gasteiger charge is 2.08. The third-order valence-corrected chi connectivity index (χ3v) is 3.99. The fourth-order valence-corrected chi connectivity index (χ4v) is 2.21. The van der Waals surface area contributed by atoms with Gasteiger partial charge in [0.15, 0.2) is 0 Å². The Bertz CT molecular complexity index is 539. The lowest BCUT2D eigenvalue weighted by atomic mass is 10.4. The molecule has 0 fully saturated rings. The van der Waals surface area contributed by atoms with Crippen molar-refractivity contribution in [3.63, 3.8) is 0 Å². The molecule has 0 amide bonds. The summed E-state index contributed by atoms with van der Waals surface area (Å²) in [5, 5.41) is 13.3. The van der Waals surface area contributed by atoms with Crippen LogP contribution in [0.15, 0.2) is 23.2 Å². The topological polar surface area (TPSA) is 42.7 Å². The zero-order valence-electron chi connectivity index (χ0n) is 9.94. The molecular weight excluding hydrogens is 291 g/mol. The third kappa shape index (κ3) is 2.91. The normalized spacial score (nSPS) is 10.7. The van der Waals surface area contributed by atoms with Crippen molar-refractivity contribution in [1.82, 2.24) is 14.8 Å². The van der Waals surface area contributed by atoms with Crippen molar-refractivity contribution in [3.8, 4) is 0 Å². The summed E-state index contributed by atoms with van der Waals surface area (Å²) in [5.41, 5.74) is 0.987. The smallest absolute Gasteiger partial charge is 0.149 e. The summed E-state index contributed by atoms with van der Waals surface area (Å²) in [6.07, 6.45) is 1.96. The van der Waals surface area contributed by atoms with Crippen molar-refractivity contribution in [3.05, 3.63) is 34.1 Å². The van der Waals surface area contributed by atoms with E-state index in [0.29, 0.717) is 16.7 Å². The SMILES string of the molecule is CSc1ccc(NCc2cc(Cl)c(Cl)n2C)nn1. The van der Waals surface area contributed by atoms with E-state index < -0.39 is 0 Å². The number of anilines is 1. The van der Waals surface area contributed by atoms with Crippen LogP contribution in [0, 0.1) is 0 Å². The van der Waals surface area contributed by atoms with Crippen molar-refractivity contribution in [1.29, 1.82) is 0 Å². The van der Waals surface area contributed by atoms with Gasteiger partial charge in [0.05, 0.1) is 11.6 Å². The Morgan fingerprint density at radius 1 is 1.33 bits per heavy atom. The van der Waals surface area contributed by atoms with Crippen LogP contribution in [0.3, 0.4) is 0 Å². The predicted molar refractivity (Wildman–Crippen MR) is 76.6 cm³/mol. The molecule has 0 aliphatic heterocycles. The molecule has 0 aliphatic rings. The Balaban J connectivity index is 2.04. The highest BCUT2D eigenvalue weighted by molar-refractivity contribution is 7.98. The lowest BCUT2D eigenvalue weighted by molar-refractivity contribution is 0.834. The van der Waals surface area contributed by atoms with Crippen molar-refractivity contribution in [2.24, 2.45) is 7.05 Å². The van der Waals surface area contributed by atoms with Crippen molar-refractivity contribution in [2.45, 2.75) is 11.6 Å². The van der Waals surface area contributed by atoms with Gasteiger partial charge < -0.3 is 9.88 Å². The van der Waals surface area contributed by atoms with Gasteiger partial charge in [-0.15, -0.1) is 22.0 Å². The van der Waals surface area contributed by atoms with Gasteiger partial charge in [-0.25, -0.2) is 0 Å². The maximum Gasteiger partial charge on any atom is 0.149 e. The molecule has 0 spiro atoms. The summed E-state index contributed by atoms with van der Waals surface area (Å²) in [7, 11) is 1.87. The Morgan fingerprint density at radius 3 is 2.61 bits per heavy atom. The average molecular weight is 303 g/mol. The first kappa shape index (κ1) is 13.5. The minimum absolute atomic E-state index is 0.539. The van der Waals surface area contributed by atoms with Crippen LogP contribution in [-0.4, -0.2) is 21.0 Å². The van der Waals surface area contributed by atoms with Gasteiger partial charge in [-0.2, -0.15) is 0 Å². The van der Waals surface area contributed by atoms with Crippen molar-refractivity contribution in [2.75, 3.05) is 11.6 Å². The number of thioether (sulfide) groups is 1. The summed E-state index contributed by atoms with van der Waals surface area (Å²) < 4.78 is 1.83. The van der Waals surface area contributed by atoms with Gasteiger partial charge in [-0.3, -0.25) is 0 Å². The number of nitrogens with zero attached hydrogens (tertiary/aromatic N) is 3. The minimum atomic E-state index is 0.539. The molecule has 96 valence electrons. The predicted octanol–water partition coefficient (Wildman–Crippen LogP) is 3.46. The number of nitrogens with one attached hydrogen (secondary N) is 1. The minimum Gasteiger partial charge on any atom is -0.363 e. The highest BCUT2D eigenvalue weighted by Crippen LogP contribution is 2.25. The quantitative estimate of drug-likeness (QED) is 0.879. The van der Waals surface area contributed by atoms with Crippen LogP contribution in [0.4, 0.5) is 5.82 Å². The molecule has 18 heavy (non-hydrogen) atoms. The molecule has 0 saturated heterocycles. The second kappa shape index (κ2) is 5.82. The number of aromatic nitrogens is 3. The zero-order valence-corrected chi connectivity index (χ0v) is 12.3. The largest absolute Gasteiger partial charge is 0.363 e. The van der Waals surface area contributed by atoms with E-state index in [1.54, 1.807) is 11.8 Å². The first-order valence-electron chi connectivity index (χ1n) is 5.23. The maximum atomic E-state index is 5.99. The van der Waals surface area contributed by atoms with Crippen LogP contribution in [0.5, 0.6) is 0 Å². The highest BCUT2D eigenvalue weighted by atomic mass is 35.5. The van der Waals surface area contributed by atoms with E-state index in [9.17, 15) is 0 Å². The van der Waals surface area contributed by atoms with E-state index in [0.717, 1.165) is 16.5 Å². The molecule has 7 heteroatoms. The zero-order chi connectivity index (χ0) is 13.1. The van der Waals surface area contributed by atoms with Crippen LogP contribution < -0.4 is 5.32 Å². The van der Waals surface area contributed by atoms with Crippen LogP contribution in [0.2, 0.25) is 10.2 Å². The van der Waals surface area contributed by atoms with Crippen LogP contribution in [0.1, 0.15) is 5.69 Å². The number of hydrogen-bond donors (Lipinski definition) is 1. The molecular formula is C11H12Cl2N4S. The number of halogens is 2. The summed E-state index contributed by atoms with van der Waals surface area (Å²) >= 11 is 13.5. The Hall–Kier alpha value is -0.910. The molecule has 0 atom stereocenters. The molecule has 1 N–H and O–H groups in total. The molecule has 4 nitrogen and oxygen atoms in total. The molecule has 2 aromatic rings. The fourth-order valence-electron chi connectivity index (χ4n) is 1.46. The molecule has 2 aromatic heterocycles. The molecule has 0 aromatic carbocycles. The van der Waals surface area contributed by atoms with Gasteiger partial charge in [-0.05, 0) is 24.5 Å². The van der Waals surface area contributed by atoms with E-state index >= 15 is 0 Å². The summed E-state index contributed by atoms with van der Waals surface area (Å²) in [4.78, 5) is 0.